The van der Waals surface area contributed by atoms with E-state index in [0.717, 1.165) is 6.08 Å². The first kappa shape index (κ1) is 8.48. The van der Waals surface area contributed by atoms with E-state index >= 15 is 0 Å². The van der Waals surface area contributed by atoms with Gasteiger partial charge in [0.1, 0.15) is 0 Å². The summed E-state index contributed by atoms with van der Waals surface area (Å²) in [6.07, 6.45) is 0.930. The Morgan fingerprint density at radius 1 is 1.70 bits per heavy atom. The molecule has 0 spiro atoms. The Hall–Kier alpha value is -1.52. The third kappa shape index (κ3) is 2.71. The fourth-order valence-electron chi connectivity index (χ4n) is 0.217. The molecule has 0 saturated carbocycles. The molecule has 0 aromatic rings. The molecular formula is C5H8N2O3. The number of amides is 2. The maximum absolute atomic E-state index is 10.3. The Bertz CT molecular complexity index is 166. The van der Waals surface area contributed by atoms with Gasteiger partial charge in [-0.25, -0.2) is 9.59 Å². The number of nitrogens with zero attached hydrogens (tertiary/aromatic N) is 1. The summed E-state index contributed by atoms with van der Waals surface area (Å²) >= 11 is 0. The van der Waals surface area contributed by atoms with E-state index in [-0.39, 0.29) is 0 Å². The molecular weight excluding hydrogens is 136 g/mol. The van der Waals surface area contributed by atoms with Crippen LogP contribution in [-0.2, 0) is 9.63 Å². The van der Waals surface area contributed by atoms with Gasteiger partial charge in [-0.2, -0.15) is 5.06 Å². The van der Waals surface area contributed by atoms with Gasteiger partial charge in [0.15, 0.2) is 0 Å². The van der Waals surface area contributed by atoms with Crippen molar-refractivity contribution in [3.05, 3.63) is 12.7 Å². The summed E-state index contributed by atoms with van der Waals surface area (Å²) in [6, 6.07) is -0.838. The molecule has 10 heavy (non-hydrogen) atoms. The van der Waals surface area contributed by atoms with E-state index in [1.54, 1.807) is 0 Å². The maximum Gasteiger partial charge on any atom is 0.355 e. The predicted molar refractivity (Wildman–Crippen MR) is 33.6 cm³/mol. The van der Waals surface area contributed by atoms with Crippen molar-refractivity contribution in [2.75, 3.05) is 7.05 Å². The highest BCUT2D eigenvalue weighted by molar-refractivity contribution is 5.82. The molecule has 0 unspecified atom stereocenters. The van der Waals surface area contributed by atoms with E-state index in [0.29, 0.717) is 5.06 Å². The minimum atomic E-state index is -0.838. The second-order valence-electron chi connectivity index (χ2n) is 1.45. The molecule has 0 saturated heterocycles. The van der Waals surface area contributed by atoms with Crippen LogP contribution in [0.3, 0.4) is 0 Å². The number of carbonyl (C=O) groups excluding carboxylic acids is 2. The van der Waals surface area contributed by atoms with E-state index in [2.05, 4.69) is 11.4 Å². The standard InChI is InChI=1S/C5H8N2O3/c1-3-4(8)10-7(2)5(6)9/h3H,1H2,2H3,(H2,6,9). The Morgan fingerprint density at radius 2 is 2.20 bits per heavy atom. The maximum atomic E-state index is 10.3. The number of urea groups is 1. The molecule has 2 amide bonds. The first-order valence-electron chi connectivity index (χ1n) is 2.45. The lowest BCUT2D eigenvalue weighted by atomic mass is 10.7. The molecule has 0 heterocycles. The third-order valence-electron chi connectivity index (χ3n) is 0.704. The van der Waals surface area contributed by atoms with E-state index < -0.39 is 12.0 Å². The number of nitrogens with two attached hydrogens (primary N) is 1. The van der Waals surface area contributed by atoms with Gasteiger partial charge in [-0.1, -0.05) is 6.58 Å². The van der Waals surface area contributed by atoms with Gasteiger partial charge in [0, 0.05) is 6.08 Å². The number of hydrogen-bond acceptors (Lipinski definition) is 3. The second-order valence-corrected chi connectivity index (χ2v) is 1.45. The normalized spacial score (nSPS) is 8.10. The smallest absolute Gasteiger partial charge is 0.349 e. The van der Waals surface area contributed by atoms with Gasteiger partial charge in [0.05, 0.1) is 7.05 Å². The van der Waals surface area contributed by atoms with Crippen LogP contribution < -0.4 is 5.73 Å². The first-order chi connectivity index (χ1) is 4.57. The molecule has 5 nitrogen and oxygen atoms in total. The van der Waals surface area contributed by atoms with Crippen molar-refractivity contribution in [2.24, 2.45) is 5.73 Å². The molecule has 0 aliphatic carbocycles. The molecule has 0 rings (SSSR count). The van der Waals surface area contributed by atoms with Gasteiger partial charge in [0.25, 0.3) is 0 Å². The lowest BCUT2D eigenvalue weighted by molar-refractivity contribution is -0.165. The molecule has 0 atom stereocenters. The highest BCUT2D eigenvalue weighted by Gasteiger charge is 2.06. The molecule has 0 aromatic heterocycles. The SMILES string of the molecule is C=CC(=O)ON(C)C(N)=O. The minimum absolute atomic E-state index is 0.615. The monoisotopic (exact) mass is 144 g/mol. The van der Waals surface area contributed by atoms with Crippen LogP contribution in [0.5, 0.6) is 0 Å². The lowest BCUT2D eigenvalue weighted by Crippen LogP contribution is -2.33. The largest absolute Gasteiger partial charge is 0.355 e. The van der Waals surface area contributed by atoms with Crippen LogP contribution in [0.15, 0.2) is 12.7 Å². The summed E-state index contributed by atoms with van der Waals surface area (Å²) < 4.78 is 0. The van der Waals surface area contributed by atoms with Gasteiger partial charge in [-0.05, 0) is 0 Å². The second kappa shape index (κ2) is 3.49. The Kier molecular flexibility index (Phi) is 2.96. The number of carbonyl (C=O) groups is 2. The Balaban J connectivity index is 3.79. The molecule has 0 fully saturated rings. The number of rotatable bonds is 1. The highest BCUT2D eigenvalue weighted by atomic mass is 16.7. The minimum Gasteiger partial charge on any atom is -0.349 e. The molecule has 2 N–H and O–H groups in total. The molecule has 0 radical (unpaired) electrons. The molecule has 0 aliphatic heterocycles. The fraction of sp³-hybridized carbons (Fsp3) is 0.200. The van der Waals surface area contributed by atoms with E-state index in [9.17, 15) is 9.59 Å². The van der Waals surface area contributed by atoms with Crippen LogP contribution in [0.1, 0.15) is 0 Å². The Labute approximate surface area is 58.0 Å². The van der Waals surface area contributed by atoms with Crippen molar-refractivity contribution in [3.8, 4) is 0 Å². The van der Waals surface area contributed by atoms with Gasteiger partial charge < -0.3 is 10.6 Å². The summed E-state index contributed by atoms with van der Waals surface area (Å²) in [7, 11) is 1.23. The van der Waals surface area contributed by atoms with E-state index in [4.69, 9.17) is 5.73 Å². The predicted octanol–water partition coefficient (Wildman–Crippen LogP) is -0.359. The van der Waals surface area contributed by atoms with Gasteiger partial charge >= 0.3 is 12.0 Å². The zero-order chi connectivity index (χ0) is 8.15. The van der Waals surface area contributed by atoms with Gasteiger partial charge in [0.2, 0.25) is 0 Å². The van der Waals surface area contributed by atoms with E-state index in [1.165, 1.54) is 7.05 Å². The topological polar surface area (TPSA) is 72.6 Å². The fourth-order valence-corrected chi connectivity index (χ4v) is 0.217. The van der Waals surface area contributed by atoms with Crippen molar-refractivity contribution in [1.29, 1.82) is 0 Å². The summed E-state index contributed by atoms with van der Waals surface area (Å²) in [6.45, 7) is 3.12. The summed E-state index contributed by atoms with van der Waals surface area (Å²) in [5.74, 6) is -0.721. The summed E-state index contributed by atoms with van der Waals surface area (Å²) in [5.41, 5.74) is 4.71. The number of hydroxylamine groups is 2. The van der Waals surface area contributed by atoms with Crippen LogP contribution >= 0.6 is 0 Å². The quantitative estimate of drug-likeness (QED) is 0.403. The van der Waals surface area contributed by atoms with Crippen molar-refractivity contribution < 1.29 is 14.4 Å². The zero-order valence-corrected chi connectivity index (χ0v) is 5.53. The van der Waals surface area contributed by atoms with Crippen LogP contribution in [0, 0.1) is 0 Å². The number of hydrogen-bond donors (Lipinski definition) is 1. The van der Waals surface area contributed by atoms with Crippen LogP contribution in [0.25, 0.3) is 0 Å². The van der Waals surface area contributed by atoms with E-state index in [1.807, 2.05) is 0 Å². The van der Waals surface area contributed by atoms with Crippen molar-refractivity contribution in [3.63, 3.8) is 0 Å². The molecule has 56 valence electrons. The number of primary amides is 1. The first-order valence-corrected chi connectivity index (χ1v) is 2.45. The van der Waals surface area contributed by atoms with Gasteiger partial charge in [-0.15, -0.1) is 0 Å². The van der Waals surface area contributed by atoms with Crippen molar-refractivity contribution in [2.45, 2.75) is 0 Å². The summed E-state index contributed by atoms with van der Waals surface area (Å²) in [4.78, 5) is 24.8. The molecule has 0 aromatic carbocycles. The summed E-state index contributed by atoms with van der Waals surface area (Å²) in [5, 5.41) is 0.615. The molecule has 0 aliphatic rings. The molecule has 5 heteroatoms. The lowest BCUT2D eigenvalue weighted by Gasteiger charge is -2.10. The van der Waals surface area contributed by atoms with Crippen LogP contribution in [0.4, 0.5) is 4.79 Å². The van der Waals surface area contributed by atoms with Crippen LogP contribution in [0.2, 0.25) is 0 Å². The van der Waals surface area contributed by atoms with Crippen LogP contribution in [-0.4, -0.2) is 24.1 Å². The zero-order valence-electron chi connectivity index (χ0n) is 5.53. The van der Waals surface area contributed by atoms with Gasteiger partial charge in [-0.3, -0.25) is 0 Å². The van der Waals surface area contributed by atoms with Crippen molar-refractivity contribution in [1.82, 2.24) is 5.06 Å². The molecule has 0 bridgehead atoms. The highest BCUT2D eigenvalue weighted by Crippen LogP contribution is 1.85. The third-order valence-corrected chi connectivity index (χ3v) is 0.704. The van der Waals surface area contributed by atoms with Crippen molar-refractivity contribution >= 4 is 12.0 Å². The Morgan fingerprint density at radius 3 is 2.50 bits per heavy atom. The average molecular weight is 144 g/mol. The average Bonchev–Trinajstić information content (AvgIpc) is 1.87.